The monoisotopic (exact) mass is 276 g/mol. The van der Waals surface area contributed by atoms with Gasteiger partial charge in [0.25, 0.3) is 0 Å². The molecule has 82 valence electrons. The summed E-state index contributed by atoms with van der Waals surface area (Å²) in [4.78, 5) is 10.5. The number of hydrogen-bond donors (Lipinski definition) is 2. The van der Waals surface area contributed by atoms with Crippen LogP contribution in [0.15, 0.2) is 16.6 Å². The zero-order valence-electron chi connectivity index (χ0n) is 8.00. The van der Waals surface area contributed by atoms with Gasteiger partial charge >= 0.3 is 5.97 Å². The van der Waals surface area contributed by atoms with Gasteiger partial charge in [0.2, 0.25) is 0 Å². The van der Waals surface area contributed by atoms with Crippen molar-refractivity contribution >= 4 is 21.9 Å². The number of phenolic OH excluding ortho intramolecular Hbond substituents is 1. The largest absolute Gasteiger partial charge is 0.505 e. The van der Waals surface area contributed by atoms with Gasteiger partial charge in [-0.2, -0.15) is 0 Å². The van der Waals surface area contributed by atoms with Crippen LogP contribution in [0.5, 0.6) is 5.75 Å². The average Bonchev–Trinajstić information content (AvgIpc) is 2.09. The van der Waals surface area contributed by atoms with Crippen LogP contribution >= 0.6 is 15.9 Å². The number of halogens is 2. The van der Waals surface area contributed by atoms with E-state index in [-0.39, 0.29) is 6.42 Å². The van der Waals surface area contributed by atoms with E-state index in [4.69, 9.17) is 5.11 Å². The maximum atomic E-state index is 13.1. The lowest BCUT2D eigenvalue weighted by molar-refractivity contribution is -0.137. The van der Waals surface area contributed by atoms with Gasteiger partial charge in [0, 0.05) is 10.0 Å². The van der Waals surface area contributed by atoms with E-state index >= 15 is 0 Å². The number of rotatable bonds is 3. The minimum Gasteiger partial charge on any atom is -0.505 e. The van der Waals surface area contributed by atoms with Gasteiger partial charge in [0.1, 0.15) is 0 Å². The summed E-state index contributed by atoms with van der Waals surface area (Å²) in [5.74, 6) is -2.65. The third-order valence-electron chi connectivity index (χ3n) is 2.07. The van der Waals surface area contributed by atoms with Crippen LogP contribution in [0.3, 0.4) is 0 Å². The van der Waals surface area contributed by atoms with Gasteiger partial charge in [-0.05, 0) is 18.1 Å². The summed E-state index contributed by atoms with van der Waals surface area (Å²) in [6.07, 6.45) is -0.149. The highest BCUT2D eigenvalue weighted by molar-refractivity contribution is 9.10. The molecule has 1 rings (SSSR count). The number of phenols is 1. The van der Waals surface area contributed by atoms with Crippen LogP contribution in [-0.2, 0) is 4.79 Å². The number of aromatic hydroxyl groups is 1. The Morgan fingerprint density at radius 2 is 2.20 bits per heavy atom. The summed E-state index contributed by atoms with van der Waals surface area (Å²) in [7, 11) is 0. The molecule has 0 fully saturated rings. The Morgan fingerprint density at radius 3 is 2.73 bits per heavy atom. The molecule has 0 amide bonds. The van der Waals surface area contributed by atoms with E-state index in [2.05, 4.69) is 15.9 Å². The zero-order valence-corrected chi connectivity index (χ0v) is 9.58. The van der Waals surface area contributed by atoms with Crippen molar-refractivity contribution in [3.05, 3.63) is 28.0 Å². The molecule has 0 aromatic heterocycles. The smallest absolute Gasteiger partial charge is 0.303 e. The first-order valence-corrected chi connectivity index (χ1v) is 5.10. The maximum absolute atomic E-state index is 13.1. The molecule has 0 aliphatic carbocycles. The predicted octanol–water partition coefficient (Wildman–Crippen LogP) is 2.87. The van der Waals surface area contributed by atoms with Gasteiger partial charge in [0.15, 0.2) is 11.6 Å². The number of carboxylic acids is 1. The molecule has 0 aliphatic heterocycles. The molecule has 1 unspecified atom stereocenters. The molecule has 0 spiro atoms. The second-order valence-corrected chi connectivity index (χ2v) is 4.24. The Kier molecular flexibility index (Phi) is 3.68. The van der Waals surface area contributed by atoms with Crippen molar-refractivity contribution in [1.29, 1.82) is 0 Å². The lowest BCUT2D eigenvalue weighted by Crippen LogP contribution is -2.03. The van der Waals surface area contributed by atoms with Crippen LogP contribution in [0.1, 0.15) is 24.8 Å². The third kappa shape index (κ3) is 2.92. The normalized spacial score (nSPS) is 12.5. The first-order valence-electron chi connectivity index (χ1n) is 4.31. The summed E-state index contributed by atoms with van der Waals surface area (Å²) in [5, 5.41) is 18.0. The second-order valence-electron chi connectivity index (χ2n) is 3.32. The van der Waals surface area contributed by atoms with E-state index < -0.39 is 23.5 Å². The predicted molar refractivity (Wildman–Crippen MR) is 56.4 cm³/mol. The van der Waals surface area contributed by atoms with E-state index in [1.54, 1.807) is 6.92 Å². The van der Waals surface area contributed by atoms with Gasteiger partial charge in [-0.25, -0.2) is 4.39 Å². The van der Waals surface area contributed by atoms with Crippen molar-refractivity contribution in [3.8, 4) is 5.75 Å². The van der Waals surface area contributed by atoms with Gasteiger partial charge in [-0.1, -0.05) is 22.9 Å². The van der Waals surface area contributed by atoms with E-state index in [0.29, 0.717) is 10.0 Å². The highest BCUT2D eigenvalue weighted by Crippen LogP contribution is 2.33. The summed E-state index contributed by atoms with van der Waals surface area (Å²) in [5.41, 5.74) is 0.296. The second kappa shape index (κ2) is 4.61. The van der Waals surface area contributed by atoms with Crippen molar-refractivity contribution in [1.82, 2.24) is 0 Å². The standard InChI is InChI=1S/C10H10BrFO3/c1-5(2-9(13)14)7-3-6(11)4-8(12)10(7)15/h3-5,15H,2H2,1H3,(H,13,14). The number of benzene rings is 1. The van der Waals surface area contributed by atoms with Crippen LogP contribution in [0, 0.1) is 5.82 Å². The lowest BCUT2D eigenvalue weighted by atomic mass is 9.97. The molecule has 15 heavy (non-hydrogen) atoms. The van der Waals surface area contributed by atoms with Crippen molar-refractivity contribution < 1.29 is 19.4 Å². The van der Waals surface area contributed by atoms with Gasteiger partial charge in [0.05, 0.1) is 6.42 Å². The number of aliphatic carboxylic acids is 1. The molecular weight excluding hydrogens is 267 g/mol. The Morgan fingerprint density at radius 1 is 1.60 bits per heavy atom. The fourth-order valence-corrected chi connectivity index (χ4v) is 1.78. The first-order chi connectivity index (χ1) is 6.91. The van der Waals surface area contributed by atoms with E-state index in [0.717, 1.165) is 6.07 Å². The molecule has 0 heterocycles. The molecule has 1 aromatic rings. The molecule has 0 saturated carbocycles. The summed E-state index contributed by atoms with van der Waals surface area (Å²) in [6, 6.07) is 2.65. The van der Waals surface area contributed by atoms with Crippen molar-refractivity contribution in [2.45, 2.75) is 19.3 Å². The molecule has 0 aliphatic rings. The summed E-state index contributed by atoms with van der Waals surface area (Å²) in [6.45, 7) is 1.62. The minimum atomic E-state index is -0.984. The molecule has 3 nitrogen and oxygen atoms in total. The van der Waals surface area contributed by atoms with Gasteiger partial charge in [-0.15, -0.1) is 0 Å². The Labute approximate surface area is 94.7 Å². The molecule has 2 N–H and O–H groups in total. The molecule has 0 saturated heterocycles. The van der Waals surface area contributed by atoms with Crippen molar-refractivity contribution in [2.75, 3.05) is 0 Å². The van der Waals surface area contributed by atoms with Crippen molar-refractivity contribution in [2.24, 2.45) is 0 Å². The molecule has 1 aromatic carbocycles. The van der Waals surface area contributed by atoms with Crippen molar-refractivity contribution in [3.63, 3.8) is 0 Å². The molecule has 0 bridgehead atoms. The minimum absolute atomic E-state index is 0.149. The zero-order chi connectivity index (χ0) is 11.6. The molecule has 5 heteroatoms. The SMILES string of the molecule is CC(CC(=O)O)c1cc(Br)cc(F)c1O. The van der Waals surface area contributed by atoms with Gasteiger partial charge < -0.3 is 10.2 Å². The number of carbonyl (C=O) groups is 1. The maximum Gasteiger partial charge on any atom is 0.303 e. The number of carboxylic acid groups (broad SMARTS) is 1. The van der Waals surface area contributed by atoms with Crippen LogP contribution in [0.25, 0.3) is 0 Å². The Balaban J connectivity index is 3.07. The fraction of sp³-hybridized carbons (Fsp3) is 0.300. The average molecular weight is 277 g/mol. The number of hydrogen-bond acceptors (Lipinski definition) is 2. The summed E-state index contributed by atoms with van der Waals surface area (Å²) >= 11 is 3.08. The van der Waals surface area contributed by atoms with E-state index in [1.807, 2.05) is 0 Å². The summed E-state index contributed by atoms with van der Waals surface area (Å²) < 4.78 is 13.6. The van der Waals surface area contributed by atoms with E-state index in [1.165, 1.54) is 6.07 Å². The van der Waals surface area contributed by atoms with E-state index in [9.17, 15) is 14.3 Å². The highest BCUT2D eigenvalue weighted by Gasteiger charge is 2.17. The fourth-order valence-electron chi connectivity index (χ4n) is 1.33. The third-order valence-corrected chi connectivity index (χ3v) is 2.53. The van der Waals surface area contributed by atoms with Gasteiger partial charge in [-0.3, -0.25) is 4.79 Å². The molecule has 1 atom stereocenters. The molecule has 0 radical (unpaired) electrons. The van der Waals surface area contributed by atoms with Crippen LogP contribution in [-0.4, -0.2) is 16.2 Å². The van der Waals surface area contributed by atoms with Crippen LogP contribution in [0.2, 0.25) is 0 Å². The lowest BCUT2D eigenvalue weighted by Gasteiger charge is -2.12. The first kappa shape index (κ1) is 12.0. The van der Waals surface area contributed by atoms with Crippen LogP contribution in [0.4, 0.5) is 4.39 Å². The molecular formula is C10H10BrFO3. The Hall–Kier alpha value is -1.10. The quantitative estimate of drug-likeness (QED) is 0.893. The topological polar surface area (TPSA) is 57.5 Å². The highest BCUT2D eigenvalue weighted by atomic mass is 79.9. The Bertz CT molecular complexity index is 392. The van der Waals surface area contributed by atoms with Crippen LogP contribution < -0.4 is 0 Å².